The molecule has 0 aromatic heterocycles. The van der Waals surface area contributed by atoms with Crippen molar-refractivity contribution in [3.8, 4) is 0 Å². The Labute approximate surface area is 105 Å². The molecule has 1 fully saturated rings. The lowest BCUT2D eigenvalue weighted by atomic mass is 10.2. The zero-order valence-electron chi connectivity index (χ0n) is 8.87. The Balaban J connectivity index is 0.00000112. The number of nitrogens with zero attached hydrogens (tertiary/aromatic N) is 1. The maximum atomic E-state index is 11.3. The number of esters is 1. The summed E-state index contributed by atoms with van der Waals surface area (Å²) in [4.78, 5) is 11.3. The summed E-state index contributed by atoms with van der Waals surface area (Å²) in [5.74, 6) is -0.0264. The largest absolute Gasteiger partial charge is 1.00 e. The normalized spacial score (nSPS) is 26.2. The minimum absolute atomic E-state index is 0. The standard InChI is InChI=1S/C10H16NO2S.BrH/c1-11-6-3-2-4-9(11)14-8-5-7-13-10(8)12;/h8H,2-7H2,1H3;1H/q+1;/p-1. The van der Waals surface area contributed by atoms with Crippen LogP contribution in [-0.2, 0) is 9.53 Å². The summed E-state index contributed by atoms with van der Waals surface area (Å²) in [6.07, 6.45) is 4.54. The number of halogens is 1. The number of carbonyl (C=O) groups excluding carboxylic acids is 1. The summed E-state index contributed by atoms with van der Waals surface area (Å²) in [5, 5.41) is 1.42. The molecule has 0 spiro atoms. The number of ether oxygens (including phenoxy) is 1. The molecule has 0 radical (unpaired) electrons. The molecule has 0 aliphatic carbocycles. The highest BCUT2D eigenvalue weighted by atomic mass is 79.9. The fourth-order valence-electron chi connectivity index (χ4n) is 1.84. The maximum Gasteiger partial charge on any atom is 0.319 e. The third kappa shape index (κ3) is 3.21. The van der Waals surface area contributed by atoms with Crippen LogP contribution in [0.15, 0.2) is 0 Å². The molecule has 0 aromatic carbocycles. The molecule has 1 unspecified atom stereocenters. The van der Waals surface area contributed by atoms with Gasteiger partial charge in [-0.1, -0.05) is 0 Å². The van der Waals surface area contributed by atoms with Gasteiger partial charge in [-0.2, -0.15) is 0 Å². The molecule has 1 saturated heterocycles. The monoisotopic (exact) mass is 293 g/mol. The molecule has 2 rings (SSSR count). The topological polar surface area (TPSA) is 29.3 Å². The lowest BCUT2D eigenvalue weighted by Crippen LogP contribution is -3.00. The van der Waals surface area contributed by atoms with Gasteiger partial charge in [-0.05, 0) is 18.2 Å². The van der Waals surface area contributed by atoms with Gasteiger partial charge in [0, 0.05) is 19.3 Å². The van der Waals surface area contributed by atoms with Crippen LogP contribution in [0.5, 0.6) is 0 Å². The van der Waals surface area contributed by atoms with Crippen molar-refractivity contribution in [2.75, 3.05) is 20.2 Å². The van der Waals surface area contributed by atoms with Crippen molar-refractivity contribution in [1.29, 1.82) is 0 Å². The number of hydrogen-bond acceptors (Lipinski definition) is 3. The molecule has 1 atom stereocenters. The zero-order valence-corrected chi connectivity index (χ0v) is 11.3. The van der Waals surface area contributed by atoms with Crippen LogP contribution in [0.2, 0.25) is 0 Å². The van der Waals surface area contributed by atoms with Crippen LogP contribution in [0, 0.1) is 0 Å². The van der Waals surface area contributed by atoms with E-state index >= 15 is 0 Å². The second-order valence-electron chi connectivity index (χ2n) is 3.84. The third-order valence-electron chi connectivity index (χ3n) is 2.73. The quantitative estimate of drug-likeness (QED) is 0.425. The Hall–Kier alpha value is -0.0300. The first-order chi connectivity index (χ1) is 6.77. The first-order valence-electron chi connectivity index (χ1n) is 5.17. The zero-order chi connectivity index (χ0) is 9.97. The summed E-state index contributed by atoms with van der Waals surface area (Å²) in [5.41, 5.74) is 0. The van der Waals surface area contributed by atoms with Gasteiger partial charge >= 0.3 is 5.97 Å². The average molecular weight is 294 g/mol. The van der Waals surface area contributed by atoms with Crippen LogP contribution < -0.4 is 17.0 Å². The number of hydrogen-bond donors (Lipinski definition) is 0. The van der Waals surface area contributed by atoms with Gasteiger partial charge in [0.25, 0.3) is 0 Å². The van der Waals surface area contributed by atoms with E-state index in [1.54, 1.807) is 11.8 Å². The van der Waals surface area contributed by atoms with Crippen molar-refractivity contribution < 1.29 is 31.1 Å². The van der Waals surface area contributed by atoms with E-state index in [1.807, 2.05) is 0 Å². The molecule has 2 aliphatic heterocycles. The summed E-state index contributed by atoms with van der Waals surface area (Å²) in [6.45, 7) is 1.73. The Bertz CT molecular complexity index is 281. The van der Waals surface area contributed by atoms with Gasteiger partial charge in [0.2, 0.25) is 5.04 Å². The number of carbonyl (C=O) groups is 1. The van der Waals surface area contributed by atoms with E-state index in [0.29, 0.717) is 6.61 Å². The summed E-state index contributed by atoms with van der Waals surface area (Å²) < 4.78 is 7.23. The predicted molar refractivity (Wildman–Crippen MR) is 56.9 cm³/mol. The summed E-state index contributed by atoms with van der Waals surface area (Å²) in [7, 11) is 2.11. The maximum absolute atomic E-state index is 11.3. The first kappa shape index (κ1) is 13.0. The van der Waals surface area contributed by atoms with Crippen LogP contribution in [0.1, 0.15) is 25.7 Å². The molecule has 15 heavy (non-hydrogen) atoms. The van der Waals surface area contributed by atoms with Gasteiger partial charge in [0.15, 0.2) is 0 Å². The van der Waals surface area contributed by atoms with Crippen LogP contribution in [0.4, 0.5) is 0 Å². The van der Waals surface area contributed by atoms with Crippen molar-refractivity contribution in [3.05, 3.63) is 0 Å². The highest BCUT2D eigenvalue weighted by Gasteiger charge is 2.31. The van der Waals surface area contributed by atoms with E-state index in [9.17, 15) is 4.79 Å². The number of rotatable bonds is 1. The van der Waals surface area contributed by atoms with E-state index in [2.05, 4.69) is 11.6 Å². The highest BCUT2D eigenvalue weighted by Crippen LogP contribution is 2.26. The van der Waals surface area contributed by atoms with Gasteiger partial charge in [0.1, 0.15) is 18.8 Å². The smallest absolute Gasteiger partial charge is 0.319 e. The van der Waals surface area contributed by atoms with Crippen molar-refractivity contribution in [2.24, 2.45) is 0 Å². The molecule has 2 aliphatic rings. The minimum atomic E-state index is -0.0264. The van der Waals surface area contributed by atoms with Crippen molar-refractivity contribution in [1.82, 2.24) is 0 Å². The van der Waals surface area contributed by atoms with Crippen LogP contribution >= 0.6 is 11.8 Å². The van der Waals surface area contributed by atoms with E-state index in [-0.39, 0.29) is 28.2 Å². The Kier molecular flexibility index (Phi) is 5.12. The van der Waals surface area contributed by atoms with Crippen molar-refractivity contribution in [2.45, 2.75) is 30.9 Å². The lowest BCUT2D eigenvalue weighted by Gasteiger charge is -2.12. The van der Waals surface area contributed by atoms with Crippen LogP contribution in [0.25, 0.3) is 0 Å². The SMILES string of the molecule is C[N+]1=C(SC2CCOC2=O)CCCC1.[Br-]. The molecule has 0 N–H and O–H groups in total. The van der Waals surface area contributed by atoms with Gasteiger partial charge in [0.05, 0.1) is 6.61 Å². The molecule has 0 saturated carbocycles. The Morgan fingerprint density at radius 1 is 1.47 bits per heavy atom. The molecule has 3 nitrogen and oxygen atoms in total. The van der Waals surface area contributed by atoms with Crippen molar-refractivity contribution >= 4 is 22.8 Å². The van der Waals surface area contributed by atoms with Gasteiger partial charge < -0.3 is 21.7 Å². The van der Waals surface area contributed by atoms with E-state index in [4.69, 9.17) is 4.74 Å². The van der Waals surface area contributed by atoms with Crippen LogP contribution in [-0.4, -0.2) is 41.0 Å². The molecule has 2 heterocycles. The molecule has 86 valence electrons. The average Bonchev–Trinajstić information content (AvgIpc) is 2.56. The number of thioether (sulfide) groups is 1. The molecule has 0 bridgehead atoms. The van der Waals surface area contributed by atoms with E-state index < -0.39 is 0 Å². The fraction of sp³-hybridized carbons (Fsp3) is 0.800. The molecular formula is C10H16BrNO2S. The predicted octanol–water partition coefficient (Wildman–Crippen LogP) is -1.74. The van der Waals surface area contributed by atoms with E-state index in [1.165, 1.54) is 17.9 Å². The third-order valence-corrected chi connectivity index (χ3v) is 4.23. The minimum Gasteiger partial charge on any atom is -1.00 e. The van der Waals surface area contributed by atoms with Crippen molar-refractivity contribution in [3.63, 3.8) is 0 Å². The molecular weight excluding hydrogens is 278 g/mol. The van der Waals surface area contributed by atoms with Crippen LogP contribution in [0.3, 0.4) is 0 Å². The second kappa shape index (κ2) is 5.89. The summed E-state index contributed by atoms with van der Waals surface area (Å²) >= 11 is 1.71. The Morgan fingerprint density at radius 2 is 2.27 bits per heavy atom. The molecule has 5 heteroatoms. The van der Waals surface area contributed by atoms with Gasteiger partial charge in [-0.3, -0.25) is 4.79 Å². The number of cyclic esters (lactones) is 1. The second-order valence-corrected chi connectivity index (χ2v) is 5.11. The Morgan fingerprint density at radius 3 is 2.87 bits per heavy atom. The van der Waals surface area contributed by atoms with Gasteiger partial charge in [-0.15, -0.1) is 0 Å². The lowest BCUT2D eigenvalue weighted by molar-refractivity contribution is -0.499. The molecule has 0 aromatic rings. The van der Waals surface area contributed by atoms with Gasteiger partial charge in [-0.25, -0.2) is 4.58 Å². The first-order valence-corrected chi connectivity index (χ1v) is 6.05. The fourth-order valence-corrected chi connectivity index (χ4v) is 3.08. The highest BCUT2D eigenvalue weighted by molar-refractivity contribution is 8.14. The summed E-state index contributed by atoms with van der Waals surface area (Å²) in [6, 6.07) is 0. The van der Waals surface area contributed by atoms with E-state index in [0.717, 1.165) is 19.4 Å². The molecule has 0 amide bonds.